The average molecular weight is 260 g/mol. The smallest absolute Gasteiger partial charge is 0.00510 e. The Balaban J connectivity index is 1.74. The molecule has 1 aromatic carbocycles. The van der Waals surface area contributed by atoms with Gasteiger partial charge in [-0.05, 0) is 57.3 Å². The summed E-state index contributed by atoms with van der Waals surface area (Å²) in [6.45, 7) is 9.56. The van der Waals surface area contributed by atoms with E-state index < -0.39 is 0 Å². The molecule has 0 amide bonds. The molecule has 1 aliphatic rings. The molecular formula is C17H28N2. The fourth-order valence-electron chi connectivity index (χ4n) is 2.83. The molecule has 0 saturated carbocycles. The highest BCUT2D eigenvalue weighted by atomic mass is 15.1. The van der Waals surface area contributed by atoms with Gasteiger partial charge in [0.2, 0.25) is 0 Å². The maximum Gasteiger partial charge on any atom is 0.00510 e. The third kappa shape index (κ3) is 5.33. The van der Waals surface area contributed by atoms with Gasteiger partial charge in [-0.25, -0.2) is 0 Å². The Kier molecular flexibility index (Phi) is 5.87. The van der Waals surface area contributed by atoms with Crippen LogP contribution in [0.25, 0.3) is 0 Å². The van der Waals surface area contributed by atoms with Crippen LogP contribution >= 0.6 is 0 Å². The van der Waals surface area contributed by atoms with Crippen LogP contribution in [0.4, 0.5) is 0 Å². The highest BCUT2D eigenvalue weighted by Gasteiger charge is 2.15. The highest BCUT2D eigenvalue weighted by molar-refractivity contribution is 5.14. The molecule has 2 unspecified atom stereocenters. The SMILES string of the molecule is CC1CNC(C)CCN(CCCc2ccccc2)C1. The zero-order chi connectivity index (χ0) is 13.5. The second kappa shape index (κ2) is 7.66. The molecule has 1 heterocycles. The summed E-state index contributed by atoms with van der Waals surface area (Å²) in [5, 5.41) is 3.61. The van der Waals surface area contributed by atoms with E-state index in [1.807, 2.05) is 0 Å². The maximum absolute atomic E-state index is 3.61. The van der Waals surface area contributed by atoms with Crippen LogP contribution in [0.1, 0.15) is 32.3 Å². The van der Waals surface area contributed by atoms with Gasteiger partial charge in [-0.15, -0.1) is 0 Å². The zero-order valence-corrected chi connectivity index (χ0v) is 12.4. The molecule has 2 atom stereocenters. The van der Waals surface area contributed by atoms with Crippen molar-refractivity contribution in [2.45, 2.75) is 39.2 Å². The van der Waals surface area contributed by atoms with Gasteiger partial charge in [-0.3, -0.25) is 0 Å². The van der Waals surface area contributed by atoms with Crippen molar-refractivity contribution in [1.82, 2.24) is 10.2 Å². The van der Waals surface area contributed by atoms with Gasteiger partial charge in [0.05, 0.1) is 0 Å². The molecule has 2 rings (SSSR count). The number of hydrogen-bond acceptors (Lipinski definition) is 2. The van der Waals surface area contributed by atoms with Crippen LogP contribution in [-0.2, 0) is 6.42 Å². The molecule has 1 fully saturated rings. The van der Waals surface area contributed by atoms with Gasteiger partial charge in [0.1, 0.15) is 0 Å². The van der Waals surface area contributed by atoms with E-state index in [2.05, 4.69) is 54.4 Å². The fraction of sp³-hybridized carbons (Fsp3) is 0.647. The molecule has 0 spiro atoms. The third-order valence-electron chi connectivity index (χ3n) is 4.05. The van der Waals surface area contributed by atoms with E-state index in [4.69, 9.17) is 0 Å². The number of rotatable bonds is 4. The summed E-state index contributed by atoms with van der Waals surface area (Å²) in [5.41, 5.74) is 1.47. The lowest BCUT2D eigenvalue weighted by Crippen LogP contribution is -2.42. The molecule has 0 bridgehead atoms. The van der Waals surface area contributed by atoms with E-state index in [0.717, 1.165) is 12.5 Å². The van der Waals surface area contributed by atoms with Gasteiger partial charge in [0, 0.05) is 12.6 Å². The standard InChI is InChI=1S/C17H28N2/c1-15-13-18-16(2)10-12-19(14-15)11-6-9-17-7-4-3-5-8-17/h3-5,7-8,15-16,18H,6,9-14H2,1-2H3. The van der Waals surface area contributed by atoms with Crippen LogP contribution in [0, 0.1) is 5.92 Å². The molecule has 106 valence electrons. The molecule has 1 aromatic rings. The predicted molar refractivity (Wildman–Crippen MR) is 82.4 cm³/mol. The van der Waals surface area contributed by atoms with E-state index >= 15 is 0 Å². The number of nitrogens with one attached hydrogen (secondary N) is 1. The number of hydrogen-bond donors (Lipinski definition) is 1. The Morgan fingerprint density at radius 3 is 2.79 bits per heavy atom. The minimum atomic E-state index is 0.666. The minimum Gasteiger partial charge on any atom is -0.314 e. The van der Waals surface area contributed by atoms with Gasteiger partial charge in [0.25, 0.3) is 0 Å². The summed E-state index contributed by atoms with van der Waals surface area (Å²) in [5.74, 6) is 0.763. The van der Waals surface area contributed by atoms with Crippen LogP contribution in [0.5, 0.6) is 0 Å². The van der Waals surface area contributed by atoms with Crippen LogP contribution in [-0.4, -0.2) is 37.1 Å². The van der Waals surface area contributed by atoms with Gasteiger partial charge in [-0.2, -0.15) is 0 Å². The van der Waals surface area contributed by atoms with Crippen molar-refractivity contribution in [3.63, 3.8) is 0 Å². The first-order valence-electron chi connectivity index (χ1n) is 7.73. The summed E-state index contributed by atoms with van der Waals surface area (Å²) in [6, 6.07) is 11.5. The van der Waals surface area contributed by atoms with Crippen molar-refractivity contribution < 1.29 is 0 Å². The topological polar surface area (TPSA) is 15.3 Å². The van der Waals surface area contributed by atoms with Gasteiger partial charge in [0.15, 0.2) is 0 Å². The van der Waals surface area contributed by atoms with Gasteiger partial charge in [-0.1, -0.05) is 37.3 Å². The largest absolute Gasteiger partial charge is 0.314 e. The van der Waals surface area contributed by atoms with Gasteiger partial charge < -0.3 is 10.2 Å². The van der Waals surface area contributed by atoms with E-state index in [1.54, 1.807) is 0 Å². The predicted octanol–water partition coefficient (Wildman–Crippen LogP) is 2.94. The zero-order valence-electron chi connectivity index (χ0n) is 12.4. The lowest BCUT2D eigenvalue weighted by molar-refractivity contribution is 0.200. The first-order chi connectivity index (χ1) is 9.24. The van der Waals surface area contributed by atoms with Gasteiger partial charge >= 0.3 is 0 Å². The Bertz CT molecular complexity index is 350. The molecule has 1 saturated heterocycles. The average Bonchev–Trinajstić information content (AvgIpc) is 2.42. The first-order valence-corrected chi connectivity index (χ1v) is 7.73. The number of benzene rings is 1. The monoisotopic (exact) mass is 260 g/mol. The van der Waals surface area contributed by atoms with Crippen molar-refractivity contribution in [2.24, 2.45) is 5.92 Å². The van der Waals surface area contributed by atoms with Crippen molar-refractivity contribution in [3.05, 3.63) is 35.9 Å². The molecule has 0 aliphatic carbocycles. The molecule has 2 heteroatoms. The van der Waals surface area contributed by atoms with E-state index in [9.17, 15) is 0 Å². The molecule has 0 aromatic heterocycles. The Morgan fingerprint density at radius 2 is 2.00 bits per heavy atom. The lowest BCUT2D eigenvalue weighted by Gasteiger charge is -2.31. The summed E-state index contributed by atoms with van der Waals surface area (Å²) in [4.78, 5) is 2.66. The van der Waals surface area contributed by atoms with Crippen molar-refractivity contribution in [1.29, 1.82) is 0 Å². The van der Waals surface area contributed by atoms with Crippen LogP contribution < -0.4 is 5.32 Å². The fourth-order valence-corrected chi connectivity index (χ4v) is 2.83. The molecular weight excluding hydrogens is 232 g/mol. The first kappa shape index (κ1) is 14.5. The highest BCUT2D eigenvalue weighted by Crippen LogP contribution is 2.09. The maximum atomic E-state index is 3.61. The Labute approximate surface area is 118 Å². The number of nitrogens with zero attached hydrogens (tertiary/aromatic N) is 1. The molecule has 0 radical (unpaired) electrons. The number of aryl methyl sites for hydroxylation is 1. The van der Waals surface area contributed by atoms with Crippen molar-refractivity contribution >= 4 is 0 Å². The van der Waals surface area contributed by atoms with E-state index in [1.165, 1.54) is 44.5 Å². The summed E-state index contributed by atoms with van der Waals surface area (Å²) in [7, 11) is 0. The van der Waals surface area contributed by atoms with Crippen LogP contribution in [0.15, 0.2) is 30.3 Å². The van der Waals surface area contributed by atoms with Crippen molar-refractivity contribution in [3.8, 4) is 0 Å². The third-order valence-corrected chi connectivity index (χ3v) is 4.05. The molecule has 2 nitrogen and oxygen atoms in total. The van der Waals surface area contributed by atoms with Crippen LogP contribution in [0.2, 0.25) is 0 Å². The second-order valence-corrected chi connectivity index (χ2v) is 6.09. The quantitative estimate of drug-likeness (QED) is 0.895. The van der Waals surface area contributed by atoms with Crippen LogP contribution in [0.3, 0.4) is 0 Å². The molecule has 1 aliphatic heterocycles. The second-order valence-electron chi connectivity index (χ2n) is 6.09. The summed E-state index contributed by atoms with van der Waals surface area (Å²) >= 11 is 0. The Hall–Kier alpha value is -0.860. The molecule has 19 heavy (non-hydrogen) atoms. The minimum absolute atomic E-state index is 0.666. The molecule has 1 N–H and O–H groups in total. The Morgan fingerprint density at radius 1 is 1.21 bits per heavy atom. The summed E-state index contributed by atoms with van der Waals surface area (Å²) < 4.78 is 0. The van der Waals surface area contributed by atoms with E-state index in [0.29, 0.717) is 6.04 Å². The van der Waals surface area contributed by atoms with E-state index in [-0.39, 0.29) is 0 Å². The normalized spacial score (nSPS) is 25.8. The van der Waals surface area contributed by atoms with Crippen molar-refractivity contribution in [2.75, 3.05) is 26.2 Å². The lowest BCUT2D eigenvalue weighted by atomic mass is 10.1. The summed E-state index contributed by atoms with van der Waals surface area (Å²) in [6.07, 6.45) is 3.76.